The van der Waals surface area contributed by atoms with E-state index in [1.54, 1.807) is 19.1 Å². The molecule has 1 aromatic rings. The zero-order chi connectivity index (χ0) is 14.5. The van der Waals surface area contributed by atoms with Crippen molar-refractivity contribution in [1.29, 1.82) is 5.26 Å². The largest absolute Gasteiger partial charge is 0.484 e. The quantitative estimate of drug-likeness (QED) is 0.628. The molecule has 0 aliphatic rings. The highest BCUT2D eigenvalue weighted by Crippen LogP contribution is 2.26. The van der Waals surface area contributed by atoms with Gasteiger partial charge in [-0.2, -0.15) is 5.26 Å². The van der Waals surface area contributed by atoms with Crippen molar-refractivity contribution in [3.05, 3.63) is 34.4 Å². The molecule has 0 fully saturated rings. The minimum atomic E-state index is -0.891. The molecule has 6 heteroatoms. The van der Waals surface area contributed by atoms with Crippen molar-refractivity contribution < 1.29 is 9.66 Å². The summed E-state index contributed by atoms with van der Waals surface area (Å²) in [6, 6.07) is 8.35. The van der Waals surface area contributed by atoms with E-state index in [0.717, 1.165) is 0 Å². The van der Waals surface area contributed by atoms with E-state index in [2.05, 4.69) is 11.4 Å². The summed E-state index contributed by atoms with van der Waals surface area (Å²) in [5, 5.41) is 23.1. The Kier molecular flexibility index (Phi) is 4.84. The molecule has 0 aliphatic carbocycles. The van der Waals surface area contributed by atoms with Gasteiger partial charge >= 0.3 is 5.69 Å². The second-order valence-electron chi connectivity index (χ2n) is 4.76. The number of nitro benzene ring substituents is 1. The minimum Gasteiger partial charge on any atom is -0.484 e. The van der Waals surface area contributed by atoms with Gasteiger partial charge in [-0.25, -0.2) is 0 Å². The Hall–Kier alpha value is -2.13. The van der Waals surface area contributed by atoms with Crippen molar-refractivity contribution in [3.63, 3.8) is 0 Å². The molecule has 0 saturated heterocycles. The SMILES string of the molecule is CC(C)NC(C)(C#N)COc1ccccc1[N+](=O)[O-]. The first kappa shape index (κ1) is 14.9. The fourth-order valence-corrected chi connectivity index (χ4v) is 1.70. The summed E-state index contributed by atoms with van der Waals surface area (Å²) in [5.41, 5.74) is -0.995. The molecule has 0 amide bonds. The van der Waals surface area contributed by atoms with E-state index < -0.39 is 10.5 Å². The zero-order valence-corrected chi connectivity index (χ0v) is 11.2. The second kappa shape index (κ2) is 6.16. The van der Waals surface area contributed by atoms with Gasteiger partial charge < -0.3 is 4.74 Å². The maximum atomic E-state index is 10.8. The molecule has 0 aliphatic heterocycles. The van der Waals surface area contributed by atoms with Crippen LogP contribution in [0, 0.1) is 21.4 Å². The van der Waals surface area contributed by atoms with Gasteiger partial charge in [-0.15, -0.1) is 0 Å². The van der Waals surface area contributed by atoms with Gasteiger partial charge in [0.15, 0.2) is 5.75 Å². The third kappa shape index (κ3) is 4.23. The minimum absolute atomic E-state index is 0.0343. The van der Waals surface area contributed by atoms with Crippen LogP contribution in [0.3, 0.4) is 0 Å². The van der Waals surface area contributed by atoms with E-state index in [4.69, 9.17) is 10.00 Å². The fourth-order valence-electron chi connectivity index (χ4n) is 1.70. The molecule has 0 saturated carbocycles. The molecule has 0 heterocycles. The number of para-hydroxylation sites is 2. The van der Waals surface area contributed by atoms with Gasteiger partial charge in [0.1, 0.15) is 12.1 Å². The third-order valence-electron chi connectivity index (χ3n) is 2.43. The maximum absolute atomic E-state index is 10.8. The highest BCUT2D eigenvalue weighted by atomic mass is 16.6. The number of hydrogen-bond acceptors (Lipinski definition) is 5. The second-order valence-corrected chi connectivity index (χ2v) is 4.76. The highest BCUT2D eigenvalue weighted by Gasteiger charge is 2.27. The topological polar surface area (TPSA) is 88.2 Å². The summed E-state index contributed by atoms with van der Waals surface area (Å²) < 4.78 is 5.43. The summed E-state index contributed by atoms with van der Waals surface area (Å²) in [6.07, 6.45) is 0. The smallest absolute Gasteiger partial charge is 0.310 e. The van der Waals surface area contributed by atoms with Crippen LogP contribution in [-0.4, -0.2) is 23.1 Å². The maximum Gasteiger partial charge on any atom is 0.310 e. The predicted octanol–water partition coefficient (Wildman–Crippen LogP) is 2.25. The lowest BCUT2D eigenvalue weighted by Gasteiger charge is -2.25. The molecule has 1 unspecified atom stereocenters. The average molecular weight is 263 g/mol. The van der Waals surface area contributed by atoms with E-state index >= 15 is 0 Å². The third-order valence-corrected chi connectivity index (χ3v) is 2.43. The van der Waals surface area contributed by atoms with E-state index in [9.17, 15) is 10.1 Å². The molecule has 1 rings (SSSR count). The molecule has 1 N–H and O–H groups in total. The molecule has 0 spiro atoms. The lowest BCUT2D eigenvalue weighted by atomic mass is 10.1. The fraction of sp³-hybridized carbons (Fsp3) is 0.462. The lowest BCUT2D eigenvalue weighted by Crippen LogP contribution is -2.49. The van der Waals surface area contributed by atoms with Gasteiger partial charge in [0.25, 0.3) is 0 Å². The summed E-state index contributed by atoms with van der Waals surface area (Å²) in [5.74, 6) is 0.166. The standard InChI is InChI=1S/C13H17N3O3/c1-10(2)15-13(3,8-14)9-19-12-7-5-4-6-11(12)16(17)18/h4-7,10,15H,9H2,1-3H3. The van der Waals surface area contributed by atoms with E-state index in [1.807, 2.05) is 13.8 Å². The van der Waals surface area contributed by atoms with Crippen LogP contribution < -0.4 is 10.1 Å². The molecule has 0 bridgehead atoms. The van der Waals surface area contributed by atoms with Crippen LogP contribution in [0.4, 0.5) is 5.69 Å². The summed E-state index contributed by atoms with van der Waals surface area (Å²) >= 11 is 0. The number of nitrogens with one attached hydrogen (secondary N) is 1. The Labute approximate surface area is 112 Å². The van der Waals surface area contributed by atoms with Gasteiger partial charge in [-0.1, -0.05) is 12.1 Å². The molecular formula is C13H17N3O3. The lowest BCUT2D eigenvalue weighted by molar-refractivity contribution is -0.385. The van der Waals surface area contributed by atoms with Crippen molar-refractivity contribution in [1.82, 2.24) is 5.32 Å². The van der Waals surface area contributed by atoms with Crippen LogP contribution in [0.15, 0.2) is 24.3 Å². The molecular weight excluding hydrogens is 246 g/mol. The molecule has 1 aromatic carbocycles. The molecule has 19 heavy (non-hydrogen) atoms. The first-order valence-electron chi connectivity index (χ1n) is 5.93. The van der Waals surface area contributed by atoms with Crippen LogP contribution in [0.5, 0.6) is 5.75 Å². The number of nitrogens with zero attached hydrogens (tertiary/aromatic N) is 2. The molecule has 0 radical (unpaired) electrons. The highest BCUT2D eigenvalue weighted by molar-refractivity contribution is 5.45. The molecule has 6 nitrogen and oxygen atoms in total. The number of hydrogen-bond donors (Lipinski definition) is 1. The monoisotopic (exact) mass is 263 g/mol. The van der Waals surface area contributed by atoms with Crippen molar-refractivity contribution in [2.45, 2.75) is 32.4 Å². The Morgan fingerprint density at radius 1 is 1.53 bits per heavy atom. The number of nitriles is 1. The van der Waals surface area contributed by atoms with Gasteiger partial charge in [0, 0.05) is 12.1 Å². The average Bonchev–Trinajstić information content (AvgIpc) is 2.36. The first-order valence-corrected chi connectivity index (χ1v) is 5.93. The van der Waals surface area contributed by atoms with Gasteiger partial charge in [0.2, 0.25) is 0 Å². The normalized spacial score (nSPS) is 13.6. The number of nitro groups is 1. The Bertz CT molecular complexity index is 496. The van der Waals surface area contributed by atoms with Crippen LogP contribution in [0.2, 0.25) is 0 Å². The van der Waals surface area contributed by atoms with Gasteiger partial charge in [-0.3, -0.25) is 15.4 Å². The van der Waals surface area contributed by atoms with Crippen LogP contribution in [-0.2, 0) is 0 Å². The predicted molar refractivity (Wildman–Crippen MR) is 70.9 cm³/mol. The van der Waals surface area contributed by atoms with Gasteiger partial charge in [0.05, 0.1) is 11.0 Å². The van der Waals surface area contributed by atoms with E-state index in [1.165, 1.54) is 12.1 Å². The van der Waals surface area contributed by atoms with Crippen molar-refractivity contribution >= 4 is 5.69 Å². The zero-order valence-electron chi connectivity index (χ0n) is 11.2. The van der Waals surface area contributed by atoms with E-state index in [0.29, 0.717) is 0 Å². The number of benzene rings is 1. The van der Waals surface area contributed by atoms with E-state index in [-0.39, 0.29) is 24.1 Å². The van der Waals surface area contributed by atoms with Gasteiger partial charge in [-0.05, 0) is 26.8 Å². The number of ether oxygens (including phenoxy) is 1. The van der Waals surface area contributed by atoms with Crippen LogP contribution in [0.1, 0.15) is 20.8 Å². The van der Waals surface area contributed by atoms with Crippen molar-refractivity contribution in [3.8, 4) is 11.8 Å². The Morgan fingerprint density at radius 2 is 2.16 bits per heavy atom. The Morgan fingerprint density at radius 3 is 2.68 bits per heavy atom. The molecule has 102 valence electrons. The van der Waals surface area contributed by atoms with Crippen LogP contribution in [0.25, 0.3) is 0 Å². The summed E-state index contributed by atoms with van der Waals surface area (Å²) in [7, 11) is 0. The Balaban J connectivity index is 2.81. The molecule has 1 atom stereocenters. The first-order chi connectivity index (χ1) is 8.88. The molecule has 0 aromatic heterocycles. The number of rotatable bonds is 6. The van der Waals surface area contributed by atoms with Crippen molar-refractivity contribution in [2.24, 2.45) is 0 Å². The van der Waals surface area contributed by atoms with Crippen LogP contribution >= 0.6 is 0 Å². The summed E-state index contributed by atoms with van der Waals surface area (Å²) in [4.78, 5) is 10.3. The summed E-state index contributed by atoms with van der Waals surface area (Å²) in [6.45, 7) is 5.56. The van der Waals surface area contributed by atoms with Crippen molar-refractivity contribution in [2.75, 3.05) is 6.61 Å².